The molecule has 4 nitrogen and oxygen atoms in total. The van der Waals surface area contributed by atoms with Gasteiger partial charge in [0.1, 0.15) is 5.82 Å². The average Bonchev–Trinajstić information content (AvgIpc) is 2.92. The number of aromatic nitrogens is 2. The molecule has 0 unspecified atom stereocenters. The van der Waals surface area contributed by atoms with Crippen molar-refractivity contribution in [2.24, 2.45) is 0 Å². The molecular weight excluding hydrogens is 337 g/mol. The molecule has 128 valence electrons. The van der Waals surface area contributed by atoms with E-state index in [1.807, 2.05) is 13.0 Å². The molecule has 0 saturated heterocycles. The van der Waals surface area contributed by atoms with Crippen LogP contribution in [0.1, 0.15) is 33.5 Å². The number of hydrogen-bond donors (Lipinski definition) is 2. The number of carbonyl (C=O) groups is 1. The Labute approximate surface area is 149 Å². The zero-order chi connectivity index (χ0) is 17.7. The van der Waals surface area contributed by atoms with Crippen molar-refractivity contribution in [3.8, 4) is 0 Å². The molecule has 0 radical (unpaired) electrons. The Hall–Kier alpha value is -2.47. The van der Waals surface area contributed by atoms with Gasteiger partial charge in [-0.1, -0.05) is 6.07 Å². The van der Waals surface area contributed by atoms with Crippen LogP contribution in [0.15, 0.2) is 24.3 Å². The van der Waals surface area contributed by atoms with Gasteiger partial charge in [0.25, 0.3) is 5.91 Å². The van der Waals surface area contributed by atoms with Crippen molar-refractivity contribution < 1.29 is 9.18 Å². The summed E-state index contributed by atoms with van der Waals surface area (Å²) in [6, 6.07) is 6.80. The molecule has 0 spiro atoms. The number of anilines is 1. The molecule has 0 aliphatic carbocycles. The quantitative estimate of drug-likeness (QED) is 0.628. The molecule has 1 aliphatic rings. The Bertz CT molecular complexity index is 1070. The molecule has 2 aromatic carbocycles. The maximum absolute atomic E-state index is 14.0. The molecule has 1 aliphatic heterocycles. The SMILES string of the molecule is Cc1cc(C)c2c(c1)N(C(=O)c1cc(F)cc3[nH]c(=S)[nH]c13)CCC2. The molecule has 25 heavy (non-hydrogen) atoms. The van der Waals surface area contributed by atoms with Crippen LogP contribution in [0.2, 0.25) is 0 Å². The van der Waals surface area contributed by atoms with Crippen molar-refractivity contribution in [2.45, 2.75) is 26.7 Å². The second-order valence-corrected chi connectivity index (χ2v) is 7.00. The van der Waals surface area contributed by atoms with Crippen LogP contribution in [0.5, 0.6) is 0 Å². The summed E-state index contributed by atoms with van der Waals surface area (Å²) in [6.07, 6.45) is 1.85. The fourth-order valence-electron chi connectivity index (χ4n) is 3.71. The van der Waals surface area contributed by atoms with Crippen LogP contribution >= 0.6 is 12.2 Å². The summed E-state index contributed by atoms with van der Waals surface area (Å²) in [6.45, 7) is 4.72. The van der Waals surface area contributed by atoms with Gasteiger partial charge in [0.2, 0.25) is 0 Å². The summed E-state index contributed by atoms with van der Waals surface area (Å²) in [7, 11) is 0. The summed E-state index contributed by atoms with van der Waals surface area (Å²) in [4.78, 5) is 20.9. The fraction of sp³-hybridized carbons (Fsp3) is 0.263. The van der Waals surface area contributed by atoms with E-state index in [2.05, 4.69) is 23.0 Å². The van der Waals surface area contributed by atoms with Crippen LogP contribution in [0.3, 0.4) is 0 Å². The average molecular weight is 355 g/mol. The van der Waals surface area contributed by atoms with Gasteiger partial charge in [0.15, 0.2) is 4.77 Å². The monoisotopic (exact) mass is 355 g/mol. The number of H-pyrrole nitrogens is 2. The lowest BCUT2D eigenvalue weighted by molar-refractivity contribution is 0.0986. The van der Waals surface area contributed by atoms with E-state index in [0.717, 1.165) is 24.1 Å². The van der Waals surface area contributed by atoms with Crippen molar-refractivity contribution in [3.63, 3.8) is 0 Å². The topological polar surface area (TPSA) is 51.9 Å². The maximum atomic E-state index is 14.0. The number of hydrogen-bond acceptors (Lipinski definition) is 2. The Kier molecular flexibility index (Phi) is 3.72. The van der Waals surface area contributed by atoms with Crippen molar-refractivity contribution >= 4 is 34.8 Å². The normalized spacial score (nSPS) is 14.0. The highest BCUT2D eigenvalue weighted by Gasteiger charge is 2.27. The minimum atomic E-state index is -0.459. The van der Waals surface area contributed by atoms with Crippen LogP contribution in [-0.4, -0.2) is 22.4 Å². The highest BCUT2D eigenvalue weighted by atomic mass is 32.1. The Balaban J connectivity index is 1.88. The van der Waals surface area contributed by atoms with Crippen LogP contribution < -0.4 is 4.90 Å². The minimum Gasteiger partial charge on any atom is -0.331 e. The van der Waals surface area contributed by atoms with E-state index < -0.39 is 5.82 Å². The van der Waals surface area contributed by atoms with Crippen molar-refractivity contribution in [1.29, 1.82) is 0 Å². The number of imidazole rings is 1. The first-order valence-electron chi connectivity index (χ1n) is 8.27. The molecule has 0 bridgehead atoms. The summed E-state index contributed by atoms with van der Waals surface area (Å²) in [5.74, 6) is -0.667. The largest absolute Gasteiger partial charge is 0.331 e. The third-order valence-corrected chi connectivity index (χ3v) is 4.96. The first kappa shape index (κ1) is 16.0. The summed E-state index contributed by atoms with van der Waals surface area (Å²) in [5.41, 5.74) is 5.78. The van der Waals surface area contributed by atoms with Gasteiger partial charge in [0.05, 0.1) is 16.6 Å². The molecule has 0 atom stereocenters. The number of nitrogens with one attached hydrogen (secondary N) is 2. The molecular formula is C19H18FN3OS. The molecule has 1 aromatic heterocycles. The second kappa shape index (κ2) is 5.81. The van der Waals surface area contributed by atoms with Crippen LogP contribution in [0, 0.1) is 24.4 Å². The van der Waals surface area contributed by atoms with E-state index in [9.17, 15) is 9.18 Å². The first-order valence-corrected chi connectivity index (χ1v) is 8.68. The number of fused-ring (bicyclic) bond motifs is 2. The molecule has 6 heteroatoms. The summed E-state index contributed by atoms with van der Waals surface area (Å²) in [5, 5.41) is 0. The highest BCUT2D eigenvalue weighted by molar-refractivity contribution is 7.71. The predicted molar refractivity (Wildman–Crippen MR) is 99.4 cm³/mol. The number of aromatic amines is 2. The number of carbonyl (C=O) groups excluding carboxylic acids is 1. The van der Waals surface area contributed by atoms with Gasteiger partial charge < -0.3 is 14.9 Å². The van der Waals surface area contributed by atoms with Gasteiger partial charge in [-0.05, 0) is 73.8 Å². The number of nitrogens with zero attached hydrogens (tertiary/aromatic N) is 1. The van der Waals surface area contributed by atoms with Crippen LogP contribution in [0.25, 0.3) is 11.0 Å². The Morgan fingerprint density at radius 2 is 2.00 bits per heavy atom. The zero-order valence-corrected chi connectivity index (χ0v) is 14.9. The van der Waals surface area contributed by atoms with E-state index in [-0.39, 0.29) is 5.91 Å². The van der Waals surface area contributed by atoms with Gasteiger partial charge in [-0.2, -0.15) is 0 Å². The first-order chi connectivity index (χ1) is 11.9. The molecule has 3 aromatic rings. The number of rotatable bonds is 1. The van der Waals surface area contributed by atoms with E-state index in [1.165, 1.54) is 23.3 Å². The highest BCUT2D eigenvalue weighted by Crippen LogP contribution is 2.33. The van der Waals surface area contributed by atoms with Gasteiger partial charge in [0, 0.05) is 12.2 Å². The molecule has 0 fully saturated rings. The van der Waals surface area contributed by atoms with Crippen molar-refractivity contribution in [1.82, 2.24) is 9.97 Å². The molecule has 2 heterocycles. The van der Waals surface area contributed by atoms with Gasteiger partial charge in [-0.3, -0.25) is 4.79 Å². The molecule has 2 N–H and O–H groups in total. The van der Waals surface area contributed by atoms with Gasteiger partial charge in [-0.25, -0.2) is 4.39 Å². The molecule has 4 rings (SSSR count). The van der Waals surface area contributed by atoms with Crippen LogP contribution in [-0.2, 0) is 6.42 Å². The maximum Gasteiger partial charge on any atom is 0.260 e. The third-order valence-electron chi connectivity index (χ3n) is 4.76. The fourth-order valence-corrected chi connectivity index (χ4v) is 3.92. The van der Waals surface area contributed by atoms with Crippen LogP contribution in [0.4, 0.5) is 10.1 Å². The lowest BCUT2D eigenvalue weighted by Gasteiger charge is -2.31. The van der Waals surface area contributed by atoms with E-state index >= 15 is 0 Å². The van der Waals surface area contributed by atoms with Crippen molar-refractivity contribution in [3.05, 3.63) is 57.1 Å². The van der Waals surface area contributed by atoms with E-state index in [0.29, 0.717) is 27.9 Å². The van der Waals surface area contributed by atoms with Gasteiger partial charge in [-0.15, -0.1) is 0 Å². The van der Waals surface area contributed by atoms with E-state index in [1.54, 1.807) is 4.90 Å². The minimum absolute atomic E-state index is 0.208. The zero-order valence-electron chi connectivity index (χ0n) is 14.1. The number of benzene rings is 2. The van der Waals surface area contributed by atoms with E-state index in [4.69, 9.17) is 12.2 Å². The lowest BCUT2D eigenvalue weighted by atomic mass is 9.94. The van der Waals surface area contributed by atoms with Gasteiger partial charge >= 0.3 is 0 Å². The Morgan fingerprint density at radius 1 is 1.20 bits per heavy atom. The standard InChI is InChI=1S/C19H18FN3OS/c1-10-6-11(2)13-4-3-5-23(16(13)7-10)18(24)14-8-12(20)9-15-17(14)22-19(25)21-15/h6-9H,3-5H2,1-2H3,(H2,21,22,25). The third kappa shape index (κ3) is 2.66. The Morgan fingerprint density at radius 3 is 2.80 bits per heavy atom. The number of halogens is 1. The smallest absolute Gasteiger partial charge is 0.260 e. The second-order valence-electron chi connectivity index (χ2n) is 6.59. The predicted octanol–water partition coefficient (Wildman–Crippen LogP) is 4.57. The lowest BCUT2D eigenvalue weighted by Crippen LogP contribution is -2.36. The number of aryl methyl sites for hydroxylation is 2. The molecule has 0 saturated carbocycles. The molecule has 1 amide bonds. The number of amides is 1. The summed E-state index contributed by atoms with van der Waals surface area (Å²) >= 11 is 5.10. The summed E-state index contributed by atoms with van der Waals surface area (Å²) < 4.78 is 14.4. The van der Waals surface area contributed by atoms with Crippen molar-refractivity contribution in [2.75, 3.05) is 11.4 Å².